The molecule has 2 aliphatic heterocycles. The Morgan fingerprint density at radius 1 is 0.500 bits per heavy atom. The zero-order chi connectivity index (χ0) is 9.38. The molecule has 1 aliphatic carbocycles. The first kappa shape index (κ1) is 9.30. The molecule has 0 aromatic carbocycles. The van der Waals surface area contributed by atoms with Crippen molar-refractivity contribution in [2.45, 2.75) is 81.7 Å². The van der Waals surface area contributed by atoms with Gasteiger partial charge in [0.05, 0.1) is 0 Å². The average Bonchev–Trinajstić information content (AvgIpc) is 2.69. The van der Waals surface area contributed by atoms with E-state index in [2.05, 4.69) is 0 Å². The lowest BCUT2D eigenvalue weighted by molar-refractivity contribution is 0.433. The first-order chi connectivity index (χ1) is 6.95. The molecule has 0 atom stereocenters. The highest BCUT2D eigenvalue weighted by atomic mass is 14.3. The fourth-order valence-electron chi connectivity index (χ4n) is 4.84. The molecule has 1 saturated carbocycles. The van der Waals surface area contributed by atoms with Crippen LogP contribution in [0.1, 0.15) is 64.2 Å². The van der Waals surface area contributed by atoms with Crippen molar-refractivity contribution >= 4 is 6.71 Å². The van der Waals surface area contributed by atoms with Gasteiger partial charge in [-0.1, -0.05) is 81.7 Å². The third-order valence-electron chi connectivity index (χ3n) is 5.33. The summed E-state index contributed by atoms with van der Waals surface area (Å²) < 4.78 is 0. The number of hydrogen-bond acceptors (Lipinski definition) is 0. The van der Waals surface area contributed by atoms with Crippen LogP contribution in [0.2, 0.25) is 17.5 Å². The lowest BCUT2D eigenvalue weighted by Gasteiger charge is -2.43. The number of rotatable bonds is 1. The topological polar surface area (TPSA) is 0 Å². The maximum Gasteiger partial charge on any atom is 0.149 e. The molecule has 2 heterocycles. The molecule has 0 nitrogen and oxygen atoms in total. The Bertz CT molecular complexity index is 171. The fraction of sp³-hybridized carbons (Fsp3) is 1.00. The summed E-state index contributed by atoms with van der Waals surface area (Å²) in [5.74, 6) is 3.47. The van der Waals surface area contributed by atoms with E-state index in [9.17, 15) is 0 Å². The van der Waals surface area contributed by atoms with Crippen LogP contribution < -0.4 is 0 Å². The molecule has 3 rings (SSSR count). The second-order valence-electron chi connectivity index (χ2n) is 6.00. The molecule has 3 fully saturated rings. The van der Waals surface area contributed by atoms with Gasteiger partial charge in [0, 0.05) is 0 Å². The van der Waals surface area contributed by atoms with Crippen molar-refractivity contribution in [3.63, 3.8) is 0 Å². The normalized spacial score (nSPS) is 39.0. The highest BCUT2D eigenvalue weighted by Crippen LogP contribution is 2.53. The molecular formula is C13H23B. The smallest absolute Gasteiger partial charge is 0.0617 e. The number of hydrogen-bond donors (Lipinski definition) is 0. The van der Waals surface area contributed by atoms with Crippen LogP contribution in [-0.2, 0) is 0 Å². The molecule has 2 bridgehead atoms. The van der Waals surface area contributed by atoms with Gasteiger partial charge in [0.15, 0.2) is 0 Å². The summed E-state index contributed by atoms with van der Waals surface area (Å²) in [6.07, 6.45) is 15.7. The maximum absolute atomic E-state index is 1.58. The van der Waals surface area contributed by atoms with Crippen LogP contribution in [-0.4, -0.2) is 6.71 Å². The predicted octanol–water partition coefficient (Wildman–Crippen LogP) is 4.53. The van der Waals surface area contributed by atoms with Crippen molar-refractivity contribution < 1.29 is 0 Å². The van der Waals surface area contributed by atoms with Crippen molar-refractivity contribution in [2.75, 3.05) is 0 Å². The van der Waals surface area contributed by atoms with Crippen molar-refractivity contribution in [3.8, 4) is 0 Å². The molecule has 3 aliphatic rings. The van der Waals surface area contributed by atoms with Crippen molar-refractivity contribution in [3.05, 3.63) is 0 Å². The molecule has 0 aromatic rings. The van der Waals surface area contributed by atoms with Crippen LogP contribution in [0.3, 0.4) is 0 Å². The van der Waals surface area contributed by atoms with Gasteiger partial charge in [-0.3, -0.25) is 0 Å². The first-order valence-electron chi connectivity index (χ1n) is 6.95. The predicted molar refractivity (Wildman–Crippen MR) is 63.2 cm³/mol. The Morgan fingerprint density at radius 2 is 0.857 bits per heavy atom. The summed E-state index contributed by atoms with van der Waals surface area (Å²) in [4.78, 5) is 0. The molecule has 0 aromatic heterocycles. The molecule has 2 saturated heterocycles. The van der Waals surface area contributed by atoms with E-state index in [4.69, 9.17) is 0 Å². The van der Waals surface area contributed by atoms with E-state index in [1.165, 1.54) is 6.71 Å². The van der Waals surface area contributed by atoms with Crippen molar-refractivity contribution in [1.29, 1.82) is 0 Å². The minimum Gasteiger partial charge on any atom is -0.0617 e. The van der Waals surface area contributed by atoms with Gasteiger partial charge in [0.2, 0.25) is 0 Å². The van der Waals surface area contributed by atoms with Gasteiger partial charge in [-0.25, -0.2) is 0 Å². The summed E-state index contributed by atoms with van der Waals surface area (Å²) in [6.45, 7) is 1.18. The molecule has 0 unspecified atom stereocenters. The second-order valence-corrected chi connectivity index (χ2v) is 6.00. The molecule has 1 heteroatoms. The Morgan fingerprint density at radius 3 is 1.29 bits per heavy atom. The summed E-state index contributed by atoms with van der Waals surface area (Å²) in [6, 6.07) is 0. The van der Waals surface area contributed by atoms with Gasteiger partial charge in [0.1, 0.15) is 6.71 Å². The molecule has 0 spiro atoms. The van der Waals surface area contributed by atoms with E-state index < -0.39 is 0 Å². The summed E-state index contributed by atoms with van der Waals surface area (Å²) in [5, 5.41) is 0. The van der Waals surface area contributed by atoms with Crippen molar-refractivity contribution in [2.24, 2.45) is 0 Å². The Hall–Kier alpha value is 0.0649. The summed E-state index contributed by atoms with van der Waals surface area (Å²) >= 11 is 0. The summed E-state index contributed by atoms with van der Waals surface area (Å²) in [7, 11) is 0. The monoisotopic (exact) mass is 190 g/mol. The summed E-state index contributed by atoms with van der Waals surface area (Å²) in [5.41, 5.74) is 0. The molecular weight excluding hydrogens is 167 g/mol. The van der Waals surface area contributed by atoms with Crippen molar-refractivity contribution in [1.82, 2.24) is 0 Å². The van der Waals surface area contributed by atoms with Crippen LogP contribution >= 0.6 is 0 Å². The van der Waals surface area contributed by atoms with Crippen LogP contribution in [0.5, 0.6) is 0 Å². The quantitative estimate of drug-likeness (QED) is 0.532. The molecule has 14 heavy (non-hydrogen) atoms. The van der Waals surface area contributed by atoms with Gasteiger partial charge >= 0.3 is 0 Å². The minimum atomic E-state index is 1.16. The minimum absolute atomic E-state index is 1.16. The third kappa shape index (κ3) is 1.53. The Kier molecular flexibility index (Phi) is 2.60. The standard InChI is InChI=1S/C13H23B/c1-2-6-11(5-1)14-12-7-3-8-13(14)10-4-9-12/h11-13H,1-10H2. The fourth-order valence-corrected chi connectivity index (χ4v) is 4.84. The van der Waals surface area contributed by atoms with Crippen LogP contribution in [0.25, 0.3) is 0 Å². The van der Waals surface area contributed by atoms with E-state index in [1.807, 2.05) is 0 Å². The van der Waals surface area contributed by atoms with Gasteiger partial charge in [-0.15, -0.1) is 0 Å². The number of fused-ring (bicyclic) bond motifs is 2. The Balaban J connectivity index is 1.75. The zero-order valence-corrected chi connectivity index (χ0v) is 9.38. The molecule has 0 radical (unpaired) electrons. The van der Waals surface area contributed by atoms with E-state index in [1.54, 1.807) is 64.2 Å². The lowest BCUT2D eigenvalue weighted by Crippen LogP contribution is -2.37. The highest BCUT2D eigenvalue weighted by Gasteiger charge is 2.43. The van der Waals surface area contributed by atoms with Crippen LogP contribution in [0.4, 0.5) is 0 Å². The lowest BCUT2D eigenvalue weighted by atomic mass is 9.22. The molecule has 78 valence electrons. The van der Waals surface area contributed by atoms with Gasteiger partial charge < -0.3 is 0 Å². The maximum atomic E-state index is 1.58. The van der Waals surface area contributed by atoms with E-state index in [-0.39, 0.29) is 0 Å². The second kappa shape index (κ2) is 3.91. The zero-order valence-electron chi connectivity index (χ0n) is 9.38. The largest absolute Gasteiger partial charge is 0.149 e. The van der Waals surface area contributed by atoms with Gasteiger partial charge in [-0.05, 0) is 0 Å². The van der Waals surface area contributed by atoms with Gasteiger partial charge in [-0.2, -0.15) is 0 Å². The van der Waals surface area contributed by atoms with Gasteiger partial charge in [0.25, 0.3) is 0 Å². The SMILES string of the molecule is C1CCC(B2C3CCCC2CCC3)C1. The third-order valence-corrected chi connectivity index (χ3v) is 5.33. The first-order valence-corrected chi connectivity index (χ1v) is 6.95. The van der Waals surface area contributed by atoms with E-state index in [0.29, 0.717) is 0 Å². The van der Waals surface area contributed by atoms with Crippen LogP contribution in [0, 0.1) is 0 Å². The van der Waals surface area contributed by atoms with Crippen LogP contribution in [0.15, 0.2) is 0 Å². The average molecular weight is 190 g/mol. The van der Waals surface area contributed by atoms with E-state index in [0.717, 1.165) is 17.5 Å². The van der Waals surface area contributed by atoms with E-state index >= 15 is 0 Å². The molecule has 0 N–H and O–H groups in total. The highest BCUT2D eigenvalue weighted by molar-refractivity contribution is 6.64. The molecule has 0 amide bonds. The Labute approximate surface area is 88.9 Å².